The lowest BCUT2D eigenvalue weighted by Crippen LogP contribution is -2.42. The summed E-state index contributed by atoms with van der Waals surface area (Å²) >= 11 is 0.974. The first-order valence-electron chi connectivity index (χ1n) is 9.39. The van der Waals surface area contributed by atoms with Gasteiger partial charge in [-0.1, -0.05) is 18.7 Å². The number of Topliss-reactive ketones (excluding diaryl/α,β-unsaturated/α-hetero) is 1. The van der Waals surface area contributed by atoms with Crippen LogP contribution in [0, 0.1) is 0 Å². The molecule has 0 saturated heterocycles. The van der Waals surface area contributed by atoms with Crippen LogP contribution in [0.15, 0.2) is 37.4 Å². The molecular formula is C19H19N5O6S. The van der Waals surface area contributed by atoms with Crippen molar-refractivity contribution in [3.05, 3.63) is 44.6 Å². The fraction of sp³-hybridized carbons (Fsp3) is 0.316. The second-order valence-corrected chi connectivity index (χ2v) is 7.64. The lowest BCUT2D eigenvalue weighted by atomic mass is 10.2. The summed E-state index contributed by atoms with van der Waals surface area (Å²) in [5, 5.41) is 8.06. The number of anilines is 1. The molecule has 0 amide bonds. The Morgan fingerprint density at radius 1 is 1.23 bits per heavy atom. The van der Waals surface area contributed by atoms with Gasteiger partial charge in [0.15, 0.2) is 17.3 Å². The average Bonchev–Trinajstić information content (AvgIpc) is 3.42. The molecule has 162 valence electrons. The molecule has 0 radical (unpaired) electrons. The maximum Gasteiger partial charge on any atom is 0.332 e. The number of fused-ring (bicyclic) bond motifs is 1. The minimum absolute atomic E-state index is 0.132. The molecule has 2 N–H and O–H groups in total. The Balaban J connectivity index is 1.53. The molecule has 4 rings (SSSR count). The van der Waals surface area contributed by atoms with E-state index in [1.165, 1.54) is 11.6 Å². The second kappa shape index (κ2) is 8.30. The van der Waals surface area contributed by atoms with Crippen LogP contribution in [0.4, 0.5) is 5.82 Å². The van der Waals surface area contributed by atoms with Crippen LogP contribution in [0.25, 0.3) is 11.5 Å². The van der Waals surface area contributed by atoms with E-state index in [1.807, 2.05) is 6.92 Å². The van der Waals surface area contributed by atoms with E-state index in [4.69, 9.17) is 19.6 Å². The standard InChI is InChI=1S/C19H19N5O6S/c1-3-6-24-15(20)14(17(26)23(2)19(24)27)11(25)8-31-18-22-21-16(30-18)10-4-5-12-13(7-10)29-9-28-12/h4-5,7H,3,6,8-9,20H2,1-2H3. The molecule has 0 saturated carbocycles. The van der Waals surface area contributed by atoms with Crippen molar-refractivity contribution in [1.82, 2.24) is 19.3 Å². The highest BCUT2D eigenvalue weighted by atomic mass is 32.2. The second-order valence-electron chi connectivity index (χ2n) is 6.71. The molecule has 0 fully saturated rings. The minimum atomic E-state index is -0.730. The van der Waals surface area contributed by atoms with E-state index in [9.17, 15) is 14.4 Å². The number of carbonyl (C=O) groups excluding carboxylic acids is 1. The zero-order valence-corrected chi connectivity index (χ0v) is 17.6. The Kier molecular flexibility index (Phi) is 5.55. The van der Waals surface area contributed by atoms with E-state index >= 15 is 0 Å². The van der Waals surface area contributed by atoms with E-state index in [-0.39, 0.29) is 35.0 Å². The molecule has 0 atom stereocenters. The quantitative estimate of drug-likeness (QED) is 0.417. The predicted molar refractivity (Wildman–Crippen MR) is 112 cm³/mol. The number of nitrogens with zero attached hydrogens (tertiary/aromatic N) is 4. The van der Waals surface area contributed by atoms with Gasteiger partial charge in [0.2, 0.25) is 12.7 Å². The number of nitrogen functional groups attached to an aromatic ring is 1. The van der Waals surface area contributed by atoms with Crippen LogP contribution in [-0.4, -0.2) is 37.7 Å². The SMILES string of the molecule is CCCn1c(N)c(C(=O)CSc2nnc(-c3ccc4c(c3)OCO4)o2)c(=O)n(C)c1=O. The Morgan fingerprint density at radius 2 is 2.00 bits per heavy atom. The van der Waals surface area contributed by atoms with Gasteiger partial charge in [-0.15, -0.1) is 10.2 Å². The number of carbonyl (C=O) groups is 1. The highest BCUT2D eigenvalue weighted by Crippen LogP contribution is 2.36. The largest absolute Gasteiger partial charge is 0.454 e. The topological polar surface area (TPSA) is 144 Å². The first-order valence-corrected chi connectivity index (χ1v) is 10.4. The summed E-state index contributed by atoms with van der Waals surface area (Å²) in [6.45, 7) is 2.32. The van der Waals surface area contributed by atoms with Gasteiger partial charge in [-0.2, -0.15) is 0 Å². The Labute approximate surface area is 179 Å². The normalized spacial score (nSPS) is 12.3. The monoisotopic (exact) mass is 445 g/mol. The first-order chi connectivity index (χ1) is 14.9. The molecule has 2 aromatic heterocycles. The van der Waals surface area contributed by atoms with E-state index in [0.717, 1.165) is 16.3 Å². The molecule has 1 aromatic carbocycles. The van der Waals surface area contributed by atoms with Crippen LogP contribution in [0.2, 0.25) is 0 Å². The smallest absolute Gasteiger partial charge is 0.332 e. The molecule has 11 nitrogen and oxygen atoms in total. The zero-order valence-electron chi connectivity index (χ0n) is 16.8. The fourth-order valence-electron chi connectivity index (χ4n) is 3.10. The highest BCUT2D eigenvalue weighted by Gasteiger charge is 2.22. The summed E-state index contributed by atoms with van der Waals surface area (Å²) in [7, 11) is 1.32. The molecule has 12 heteroatoms. The minimum Gasteiger partial charge on any atom is -0.454 e. The van der Waals surface area contributed by atoms with Gasteiger partial charge in [-0.3, -0.25) is 18.7 Å². The number of thioether (sulfide) groups is 1. The Bertz CT molecular complexity index is 1280. The van der Waals surface area contributed by atoms with Crippen molar-refractivity contribution in [1.29, 1.82) is 0 Å². The van der Waals surface area contributed by atoms with Crippen molar-refractivity contribution in [2.45, 2.75) is 25.1 Å². The zero-order chi connectivity index (χ0) is 22.1. The van der Waals surface area contributed by atoms with Gasteiger partial charge in [0.1, 0.15) is 11.4 Å². The summed E-state index contributed by atoms with van der Waals surface area (Å²) in [5.41, 5.74) is 5.11. The number of hydrogen-bond donors (Lipinski definition) is 1. The highest BCUT2D eigenvalue weighted by molar-refractivity contribution is 7.99. The molecule has 31 heavy (non-hydrogen) atoms. The van der Waals surface area contributed by atoms with Crippen molar-refractivity contribution in [3.63, 3.8) is 0 Å². The third-order valence-electron chi connectivity index (χ3n) is 4.66. The van der Waals surface area contributed by atoms with Crippen LogP contribution >= 0.6 is 11.8 Å². The van der Waals surface area contributed by atoms with Crippen LogP contribution in [0.1, 0.15) is 23.7 Å². The molecule has 0 aliphatic carbocycles. The third-order valence-corrected chi connectivity index (χ3v) is 5.48. The summed E-state index contributed by atoms with van der Waals surface area (Å²) in [4.78, 5) is 37.4. The molecule has 1 aliphatic rings. The Morgan fingerprint density at radius 3 is 2.77 bits per heavy atom. The van der Waals surface area contributed by atoms with Crippen molar-refractivity contribution < 1.29 is 18.7 Å². The van der Waals surface area contributed by atoms with Gasteiger partial charge >= 0.3 is 5.69 Å². The number of aromatic nitrogens is 4. The lowest BCUT2D eigenvalue weighted by molar-refractivity contribution is 0.102. The summed E-state index contributed by atoms with van der Waals surface area (Å²) in [6.07, 6.45) is 0.620. The molecule has 0 bridgehead atoms. The van der Waals surface area contributed by atoms with Gasteiger partial charge in [0.05, 0.1) is 5.75 Å². The van der Waals surface area contributed by atoms with Crippen LogP contribution in [-0.2, 0) is 13.6 Å². The van der Waals surface area contributed by atoms with Gasteiger partial charge in [-0.05, 0) is 24.6 Å². The van der Waals surface area contributed by atoms with E-state index < -0.39 is 17.0 Å². The molecule has 3 aromatic rings. The van der Waals surface area contributed by atoms with Crippen molar-refractivity contribution in [3.8, 4) is 23.0 Å². The molecule has 1 aliphatic heterocycles. The number of ketones is 1. The lowest BCUT2D eigenvalue weighted by Gasteiger charge is -2.13. The predicted octanol–water partition coefficient (Wildman–Crippen LogP) is 1.29. The van der Waals surface area contributed by atoms with Crippen molar-refractivity contribution >= 4 is 23.4 Å². The maximum atomic E-state index is 12.7. The Hall–Kier alpha value is -3.54. The summed E-state index contributed by atoms with van der Waals surface area (Å²) < 4.78 is 18.3. The first kappa shape index (κ1) is 20.7. The number of benzene rings is 1. The molecule has 3 heterocycles. The van der Waals surface area contributed by atoms with Crippen molar-refractivity contribution in [2.24, 2.45) is 7.05 Å². The average molecular weight is 445 g/mol. The van der Waals surface area contributed by atoms with E-state index in [0.29, 0.717) is 30.0 Å². The van der Waals surface area contributed by atoms with E-state index in [2.05, 4.69) is 10.2 Å². The number of nitrogens with two attached hydrogens (primary N) is 1. The van der Waals surface area contributed by atoms with Gasteiger partial charge < -0.3 is 19.6 Å². The van der Waals surface area contributed by atoms with Crippen LogP contribution < -0.4 is 26.5 Å². The van der Waals surface area contributed by atoms with Gasteiger partial charge in [-0.25, -0.2) is 4.79 Å². The van der Waals surface area contributed by atoms with Gasteiger partial charge in [0, 0.05) is 19.2 Å². The van der Waals surface area contributed by atoms with E-state index in [1.54, 1.807) is 18.2 Å². The summed E-state index contributed by atoms with van der Waals surface area (Å²) in [5.74, 6) is 0.635. The number of rotatable bonds is 7. The maximum absolute atomic E-state index is 12.7. The van der Waals surface area contributed by atoms with Gasteiger partial charge in [0.25, 0.3) is 10.8 Å². The van der Waals surface area contributed by atoms with Crippen molar-refractivity contribution in [2.75, 3.05) is 18.3 Å². The third kappa shape index (κ3) is 3.81. The number of ether oxygens (including phenoxy) is 2. The van der Waals surface area contributed by atoms with Crippen LogP contribution in [0.3, 0.4) is 0 Å². The summed E-state index contributed by atoms with van der Waals surface area (Å²) in [6, 6.07) is 5.21. The van der Waals surface area contributed by atoms with Crippen LogP contribution in [0.5, 0.6) is 11.5 Å². The number of hydrogen-bond acceptors (Lipinski definition) is 10. The molecular weight excluding hydrogens is 426 g/mol. The molecule has 0 unspecified atom stereocenters. The molecule has 0 spiro atoms. The fourth-order valence-corrected chi connectivity index (χ4v) is 3.73.